The van der Waals surface area contributed by atoms with Crippen LogP contribution >= 0.6 is 0 Å². The number of carbonyl (C=O) groups excluding carboxylic acids is 1. The van der Waals surface area contributed by atoms with Gasteiger partial charge in [-0.05, 0) is 19.8 Å². The molecule has 1 amide bonds. The second kappa shape index (κ2) is 4.31. The lowest BCUT2D eigenvalue weighted by Gasteiger charge is -2.28. The van der Waals surface area contributed by atoms with E-state index in [1.54, 1.807) is 0 Å². The number of carboxylic acids is 1. The van der Waals surface area contributed by atoms with Crippen LogP contribution in [0.3, 0.4) is 0 Å². The SMILES string of the molecule is CC(C(=O)O)C1CCCN1C(=O)C(F)(F)F. The van der Waals surface area contributed by atoms with Crippen LogP contribution in [0.5, 0.6) is 0 Å². The van der Waals surface area contributed by atoms with Gasteiger partial charge in [-0.3, -0.25) is 9.59 Å². The Hall–Kier alpha value is -1.27. The molecule has 7 heteroatoms. The predicted octanol–water partition coefficient (Wildman–Crippen LogP) is 1.26. The van der Waals surface area contributed by atoms with E-state index in [4.69, 9.17) is 5.11 Å². The second-order valence-electron chi connectivity index (χ2n) is 3.83. The van der Waals surface area contributed by atoms with E-state index in [1.165, 1.54) is 6.92 Å². The number of halogens is 3. The van der Waals surface area contributed by atoms with Gasteiger partial charge in [-0.2, -0.15) is 13.2 Å². The zero-order chi connectivity index (χ0) is 12.5. The lowest BCUT2D eigenvalue weighted by Crippen LogP contribution is -2.47. The van der Waals surface area contributed by atoms with Gasteiger partial charge in [0.15, 0.2) is 0 Å². The van der Waals surface area contributed by atoms with E-state index in [9.17, 15) is 22.8 Å². The maximum Gasteiger partial charge on any atom is 0.471 e. The molecular weight excluding hydrogens is 227 g/mol. The minimum Gasteiger partial charge on any atom is -0.481 e. The molecule has 1 saturated heterocycles. The average molecular weight is 239 g/mol. The van der Waals surface area contributed by atoms with Crippen molar-refractivity contribution < 1.29 is 27.9 Å². The summed E-state index contributed by atoms with van der Waals surface area (Å²) in [6.07, 6.45) is -4.22. The minimum atomic E-state index is -4.93. The van der Waals surface area contributed by atoms with Crippen molar-refractivity contribution in [1.82, 2.24) is 4.90 Å². The lowest BCUT2D eigenvalue weighted by atomic mass is 10.00. The largest absolute Gasteiger partial charge is 0.481 e. The van der Waals surface area contributed by atoms with Crippen molar-refractivity contribution in [3.05, 3.63) is 0 Å². The molecule has 1 rings (SSSR count). The molecule has 1 aliphatic rings. The molecule has 2 unspecified atom stereocenters. The number of carboxylic acid groups (broad SMARTS) is 1. The van der Waals surface area contributed by atoms with E-state index in [2.05, 4.69) is 0 Å². The third-order valence-electron chi connectivity index (χ3n) is 2.77. The maximum absolute atomic E-state index is 12.2. The van der Waals surface area contributed by atoms with E-state index >= 15 is 0 Å². The Bertz CT molecular complexity index is 303. The number of alkyl halides is 3. The van der Waals surface area contributed by atoms with Crippen molar-refractivity contribution in [2.45, 2.75) is 32.0 Å². The number of nitrogens with zero attached hydrogens (tertiary/aromatic N) is 1. The highest BCUT2D eigenvalue weighted by atomic mass is 19.4. The molecule has 0 aliphatic carbocycles. The van der Waals surface area contributed by atoms with E-state index < -0.39 is 30.0 Å². The molecule has 16 heavy (non-hydrogen) atoms. The van der Waals surface area contributed by atoms with Crippen LogP contribution in [-0.4, -0.2) is 40.6 Å². The molecular formula is C9H12F3NO3. The van der Waals surface area contributed by atoms with Crippen LogP contribution in [0.25, 0.3) is 0 Å². The lowest BCUT2D eigenvalue weighted by molar-refractivity contribution is -0.187. The standard InChI is InChI=1S/C9H12F3NO3/c1-5(7(14)15)6-3-2-4-13(6)8(16)9(10,11)12/h5-6H,2-4H2,1H3,(H,14,15). The van der Waals surface area contributed by atoms with Crippen LogP contribution in [0.15, 0.2) is 0 Å². The highest BCUT2D eigenvalue weighted by molar-refractivity contribution is 5.83. The van der Waals surface area contributed by atoms with E-state index in [0.717, 1.165) is 0 Å². The highest BCUT2D eigenvalue weighted by Gasteiger charge is 2.47. The molecule has 0 aromatic heterocycles. The summed E-state index contributed by atoms with van der Waals surface area (Å²) in [5, 5.41) is 8.73. The van der Waals surface area contributed by atoms with Crippen LogP contribution in [0.2, 0.25) is 0 Å². The normalized spacial score (nSPS) is 23.2. The fourth-order valence-electron chi connectivity index (χ4n) is 1.89. The van der Waals surface area contributed by atoms with Crippen molar-refractivity contribution in [3.63, 3.8) is 0 Å². The maximum atomic E-state index is 12.2. The molecule has 1 fully saturated rings. The monoisotopic (exact) mass is 239 g/mol. The number of amides is 1. The molecule has 1 aliphatic heterocycles. The molecule has 0 aromatic rings. The van der Waals surface area contributed by atoms with Crippen LogP contribution in [0.4, 0.5) is 13.2 Å². The Morgan fingerprint density at radius 1 is 1.44 bits per heavy atom. The summed E-state index contributed by atoms with van der Waals surface area (Å²) in [6.45, 7) is 1.29. The smallest absolute Gasteiger partial charge is 0.471 e. The molecule has 1 N–H and O–H groups in total. The Morgan fingerprint density at radius 2 is 2.00 bits per heavy atom. The first-order valence-electron chi connectivity index (χ1n) is 4.85. The van der Waals surface area contributed by atoms with Crippen molar-refractivity contribution in [1.29, 1.82) is 0 Å². The van der Waals surface area contributed by atoms with Gasteiger partial charge in [0.05, 0.1) is 5.92 Å². The number of rotatable bonds is 2. The van der Waals surface area contributed by atoms with Gasteiger partial charge in [0.2, 0.25) is 0 Å². The topological polar surface area (TPSA) is 57.6 Å². The molecule has 2 atom stereocenters. The molecule has 0 spiro atoms. The molecule has 0 saturated carbocycles. The van der Waals surface area contributed by atoms with Gasteiger partial charge in [-0.25, -0.2) is 0 Å². The van der Waals surface area contributed by atoms with Gasteiger partial charge in [-0.15, -0.1) is 0 Å². The first-order chi connectivity index (χ1) is 7.25. The fourth-order valence-corrected chi connectivity index (χ4v) is 1.89. The molecule has 92 valence electrons. The zero-order valence-electron chi connectivity index (χ0n) is 8.62. The molecule has 0 bridgehead atoms. The van der Waals surface area contributed by atoms with Crippen molar-refractivity contribution in [2.24, 2.45) is 5.92 Å². The molecule has 1 heterocycles. The first kappa shape index (κ1) is 12.8. The number of likely N-dealkylation sites (tertiary alicyclic amines) is 1. The Kier molecular flexibility index (Phi) is 3.44. The number of hydrogen-bond donors (Lipinski definition) is 1. The molecule has 0 aromatic carbocycles. The van der Waals surface area contributed by atoms with Crippen LogP contribution in [0, 0.1) is 5.92 Å². The van der Waals surface area contributed by atoms with Gasteiger partial charge in [0, 0.05) is 12.6 Å². The molecule has 0 radical (unpaired) electrons. The third-order valence-corrected chi connectivity index (χ3v) is 2.77. The number of aliphatic carboxylic acids is 1. The van der Waals surface area contributed by atoms with Crippen LogP contribution in [0.1, 0.15) is 19.8 Å². The Morgan fingerprint density at radius 3 is 2.44 bits per heavy atom. The first-order valence-corrected chi connectivity index (χ1v) is 4.85. The van der Waals surface area contributed by atoms with E-state index in [1.807, 2.05) is 0 Å². The van der Waals surface area contributed by atoms with Gasteiger partial charge >= 0.3 is 18.1 Å². The Labute approximate surface area is 90.0 Å². The van der Waals surface area contributed by atoms with Crippen LogP contribution in [-0.2, 0) is 9.59 Å². The van der Waals surface area contributed by atoms with Gasteiger partial charge in [0.1, 0.15) is 0 Å². The molecule has 4 nitrogen and oxygen atoms in total. The average Bonchev–Trinajstić information content (AvgIpc) is 2.61. The number of carbonyl (C=O) groups is 2. The Balaban J connectivity index is 2.81. The van der Waals surface area contributed by atoms with E-state index in [0.29, 0.717) is 17.7 Å². The second-order valence-corrected chi connectivity index (χ2v) is 3.83. The summed E-state index contributed by atoms with van der Waals surface area (Å²) in [5.74, 6) is -4.11. The summed E-state index contributed by atoms with van der Waals surface area (Å²) in [6, 6.07) is -0.855. The summed E-state index contributed by atoms with van der Waals surface area (Å²) in [5.41, 5.74) is 0. The van der Waals surface area contributed by atoms with E-state index in [-0.39, 0.29) is 6.54 Å². The summed E-state index contributed by atoms with van der Waals surface area (Å²) < 4.78 is 36.6. The predicted molar refractivity (Wildman–Crippen MR) is 47.6 cm³/mol. The van der Waals surface area contributed by atoms with Crippen molar-refractivity contribution >= 4 is 11.9 Å². The third kappa shape index (κ3) is 2.45. The minimum absolute atomic E-state index is 0.0272. The highest BCUT2D eigenvalue weighted by Crippen LogP contribution is 2.29. The fraction of sp³-hybridized carbons (Fsp3) is 0.778. The van der Waals surface area contributed by atoms with Gasteiger partial charge < -0.3 is 10.0 Å². The summed E-state index contributed by atoms with van der Waals surface area (Å²) in [4.78, 5) is 22.3. The van der Waals surface area contributed by atoms with Gasteiger partial charge in [-0.1, -0.05) is 0 Å². The zero-order valence-corrected chi connectivity index (χ0v) is 8.62. The summed E-state index contributed by atoms with van der Waals surface area (Å²) in [7, 11) is 0. The van der Waals surface area contributed by atoms with Crippen molar-refractivity contribution in [3.8, 4) is 0 Å². The van der Waals surface area contributed by atoms with Crippen molar-refractivity contribution in [2.75, 3.05) is 6.54 Å². The quantitative estimate of drug-likeness (QED) is 0.789. The van der Waals surface area contributed by atoms with Crippen LogP contribution < -0.4 is 0 Å². The van der Waals surface area contributed by atoms with Gasteiger partial charge in [0.25, 0.3) is 0 Å². The number of hydrogen-bond acceptors (Lipinski definition) is 2. The summed E-state index contributed by atoms with van der Waals surface area (Å²) >= 11 is 0.